The van der Waals surface area contributed by atoms with E-state index in [-0.39, 0.29) is 6.61 Å². The average molecular weight is 359 g/mol. The number of benzene rings is 1. The third kappa shape index (κ3) is 3.92. The second-order valence-electron chi connectivity index (χ2n) is 3.13. The van der Waals surface area contributed by atoms with Crippen LogP contribution in [-0.2, 0) is 0 Å². The monoisotopic (exact) mass is 359 g/mol. The molecule has 0 unspecified atom stereocenters. The topological polar surface area (TPSA) is 61.6 Å². The van der Waals surface area contributed by atoms with E-state index >= 15 is 0 Å². The van der Waals surface area contributed by atoms with Gasteiger partial charge in [0.25, 0.3) is 0 Å². The van der Waals surface area contributed by atoms with E-state index in [4.69, 9.17) is 15.9 Å². The van der Waals surface area contributed by atoms with Gasteiger partial charge in [0.05, 0.1) is 15.6 Å². The summed E-state index contributed by atoms with van der Waals surface area (Å²) in [5, 5.41) is 10.3. The van der Waals surface area contributed by atoms with E-state index in [1.54, 1.807) is 12.1 Å². The number of methoxy groups -OCH3 is 1. The van der Waals surface area contributed by atoms with Crippen LogP contribution in [0.2, 0.25) is 0 Å². The molecule has 0 bridgehead atoms. The Morgan fingerprint density at radius 3 is 2.89 bits per heavy atom. The van der Waals surface area contributed by atoms with Crippen LogP contribution in [0.15, 0.2) is 18.3 Å². The van der Waals surface area contributed by atoms with E-state index in [9.17, 15) is 10.1 Å². The fraction of sp³-hybridized carbons (Fsp3) is 0.167. The minimum atomic E-state index is -0.526. The van der Waals surface area contributed by atoms with Gasteiger partial charge >= 0.3 is 0 Å². The van der Waals surface area contributed by atoms with Gasteiger partial charge in [-0.15, -0.1) is 6.42 Å². The second-order valence-corrected chi connectivity index (χ2v) is 4.29. The fourth-order valence-corrected chi connectivity index (χ4v) is 2.02. The number of rotatable bonds is 5. The van der Waals surface area contributed by atoms with Crippen molar-refractivity contribution in [3.8, 4) is 23.8 Å². The van der Waals surface area contributed by atoms with Crippen molar-refractivity contribution >= 4 is 28.7 Å². The Kier molecular flexibility index (Phi) is 5.45. The summed E-state index contributed by atoms with van der Waals surface area (Å²) in [6.45, 7) is 0.135. The smallest absolute Gasteiger partial charge is 0.235 e. The van der Waals surface area contributed by atoms with Gasteiger partial charge in [-0.25, -0.2) is 0 Å². The summed E-state index contributed by atoms with van der Waals surface area (Å²) in [6, 6.07) is 3.39. The van der Waals surface area contributed by atoms with Crippen molar-refractivity contribution < 1.29 is 14.4 Å². The van der Waals surface area contributed by atoms with Gasteiger partial charge in [-0.3, -0.25) is 10.1 Å². The molecule has 0 aromatic heterocycles. The summed E-state index contributed by atoms with van der Waals surface area (Å²) in [5.74, 6) is 3.39. The summed E-state index contributed by atoms with van der Waals surface area (Å²) in [6.07, 6.45) is 7.38. The Bertz CT molecular complexity index is 520. The summed E-state index contributed by atoms with van der Waals surface area (Å²) < 4.78 is 11.3. The van der Waals surface area contributed by atoms with Crippen LogP contribution < -0.4 is 9.47 Å². The van der Waals surface area contributed by atoms with Crippen molar-refractivity contribution in [3.05, 3.63) is 37.6 Å². The van der Waals surface area contributed by atoms with Crippen LogP contribution in [0.3, 0.4) is 0 Å². The highest BCUT2D eigenvalue weighted by Gasteiger charge is 2.10. The molecular formula is C12H10INO4. The number of nitro groups is 1. The number of ether oxygens (including phenoxy) is 2. The summed E-state index contributed by atoms with van der Waals surface area (Å²) in [4.78, 5) is 9.73. The van der Waals surface area contributed by atoms with Crippen LogP contribution >= 0.6 is 22.6 Å². The Labute approximate surface area is 118 Å². The second kappa shape index (κ2) is 6.86. The molecule has 94 valence electrons. The van der Waals surface area contributed by atoms with Gasteiger partial charge in [0.1, 0.15) is 6.61 Å². The van der Waals surface area contributed by atoms with E-state index in [1.165, 1.54) is 13.2 Å². The Morgan fingerprint density at radius 1 is 1.61 bits per heavy atom. The van der Waals surface area contributed by atoms with Crippen LogP contribution in [0.1, 0.15) is 5.56 Å². The van der Waals surface area contributed by atoms with Crippen LogP contribution in [0.4, 0.5) is 0 Å². The zero-order valence-electron chi connectivity index (χ0n) is 9.55. The minimum Gasteiger partial charge on any atom is -0.493 e. The molecule has 0 aliphatic carbocycles. The molecule has 0 saturated heterocycles. The summed E-state index contributed by atoms with van der Waals surface area (Å²) >= 11 is 2.05. The molecular weight excluding hydrogens is 349 g/mol. The summed E-state index contributed by atoms with van der Waals surface area (Å²) in [5.41, 5.74) is 0.654. The first-order valence-corrected chi connectivity index (χ1v) is 5.92. The predicted octanol–water partition coefficient (Wildman–Crippen LogP) is 2.56. The maximum atomic E-state index is 10.3. The van der Waals surface area contributed by atoms with Crippen molar-refractivity contribution in [1.29, 1.82) is 0 Å². The van der Waals surface area contributed by atoms with Gasteiger partial charge in [-0.1, -0.05) is 5.92 Å². The first-order valence-electron chi connectivity index (χ1n) is 4.84. The molecule has 0 heterocycles. The van der Waals surface area contributed by atoms with Gasteiger partial charge in [0.2, 0.25) is 6.20 Å². The molecule has 1 rings (SSSR count). The quantitative estimate of drug-likeness (QED) is 0.351. The SMILES string of the molecule is C#CCOc1c(I)cc(C=C[N+](=O)[O-])cc1OC. The van der Waals surface area contributed by atoms with Gasteiger partial charge in [0.15, 0.2) is 11.5 Å². The molecule has 1 aromatic rings. The normalized spacial score (nSPS) is 10.1. The highest BCUT2D eigenvalue weighted by atomic mass is 127. The molecule has 0 spiro atoms. The zero-order valence-corrected chi connectivity index (χ0v) is 11.7. The molecule has 0 atom stereocenters. The molecule has 0 N–H and O–H groups in total. The van der Waals surface area contributed by atoms with Gasteiger partial charge in [-0.2, -0.15) is 0 Å². The number of nitrogens with zero attached hydrogens (tertiary/aromatic N) is 1. The van der Waals surface area contributed by atoms with Crippen molar-refractivity contribution in [3.63, 3.8) is 0 Å². The molecule has 0 radical (unpaired) electrons. The number of hydrogen-bond acceptors (Lipinski definition) is 4. The van der Waals surface area contributed by atoms with Crippen LogP contribution in [-0.4, -0.2) is 18.6 Å². The standard InChI is InChI=1S/C12H10INO4/c1-3-6-18-12-10(13)7-9(4-5-14(15)16)8-11(12)17-2/h1,4-5,7-8H,6H2,2H3. The zero-order chi connectivity index (χ0) is 13.5. The fourth-order valence-electron chi connectivity index (χ4n) is 1.24. The third-order valence-corrected chi connectivity index (χ3v) is 2.74. The van der Waals surface area contributed by atoms with E-state index < -0.39 is 4.92 Å². The van der Waals surface area contributed by atoms with E-state index in [0.717, 1.165) is 9.77 Å². The first kappa shape index (κ1) is 14.3. The highest BCUT2D eigenvalue weighted by molar-refractivity contribution is 14.1. The van der Waals surface area contributed by atoms with E-state index in [2.05, 4.69) is 28.5 Å². The van der Waals surface area contributed by atoms with Crippen molar-refractivity contribution in [2.75, 3.05) is 13.7 Å². The van der Waals surface area contributed by atoms with Crippen LogP contribution in [0, 0.1) is 26.0 Å². The molecule has 0 aliphatic heterocycles. The van der Waals surface area contributed by atoms with Crippen LogP contribution in [0.25, 0.3) is 6.08 Å². The molecule has 0 amide bonds. The minimum absolute atomic E-state index is 0.135. The molecule has 0 saturated carbocycles. The third-order valence-electron chi connectivity index (χ3n) is 1.94. The molecule has 0 aliphatic rings. The lowest BCUT2D eigenvalue weighted by Gasteiger charge is -2.11. The van der Waals surface area contributed by atoms with Crippen molar-refractivity contribution in [2.24, 2.45) is 0 Å². The Morgan fingerprint density at radius 2 is 2.33 bits per heavy atom. The molecule has 1 aromatic carbocycles. The highest BCUT2D eigenvalue weighted by Crippen LogP contribution is 2.34. The lowest BCUT2D eigenvalue weighted by Crippen LogP contribution is -1.99. The van der Waals surface area contributed by atoms with E-state index in [0.29, 0.717) is 17.1 Å². The molecule has 6 heteroatoms. The van der Waals surface area contributed by atoms with E-state index in [1.807, 2.05) is 0 Å². The predicted molar refractivity (Wildman–Crippen MR) is 76.1 cm³/mol. The number of halogens is 1. The van der Waals surface area contributed by atoms with Crippen LogP contribution in [0.5, 0.6) is 11.5 Å². The van der Waals surface area contributed by atoms with Gasteiger partial charge in [0, 0.05) is 6.08 Å². The summed E-state index contributed by atoms with van der Waals surface area (Å²) in [7, 11) is 1.50. The van der Waals surface area contributed by atoms with Gasteiger partial charge in [-0.05, 0) is 40.3 Å². The maximum absolute atomic E-state index is 10.3. The number of hydrogen-bond donors (Lipinski definition) is 0. The number of terminal acetylenes is 1. The molecule has 18 heavy (non-hydrogen) atoms. The van der Waals surface area contributed by atoms with Crippen molar-refractivity contribution in [1.82, 2.24) is 0 Å². The average Bonchev–Trinajstić information content (AvgIpc) is 2.34. The molecule has 0 fully saturated rings. The van der Waals surface area contributed by atoms with Crippen molar-refractivity contribution in [2.45, 2.75) is 0 Å². The maximum Gasteiger partial charge on any atom is 0.235 e. The molecule has 5 nitrogen and oxygen atoms in total. The lowest BCUT2D eigenvalue weighted by molar-refractivity contribution is -0.400. The largest absolute Gasteiger partial charge is 0.493 e. The Balaban J connectivity index is 3.10. The first-order chi connectivity index (χ1) is 8.58. The lowest BCUT2D eigenvalue weighted by atomic mass is 10.2. The van der Waals surface area contributed by atoms with Gasteiger partial charge < -0.3 is 9.47 Å². The Hall–Kier alpha value is -1.75.